The van der Waals surface area contributed by atoms with Gasteiger partial charge in [-0.1, -0.05) is 0 Å². The van der Waals surface area contributed by atoms with E-state index in [1.54, 1.807) is 0 Å². The molecule has 0 fully saturated rings. The molecule has 5 heteroatoms. The summed E-state index contributed by atoms with van der Waals surface area (Å²) >= 11 is 2.64. The van der Waals surface area contributed by atoms with Gasteiger partial charge in [0, 0.05) is 16.8 Å². The normalized spacial score (nSPS) is 15.5. The van der Waals surface area contributed by atoms with Gasteiger partial charge in [0.05, 0.1) is 9.68 Å². The van der Waals surface area contributed by atoms with Crippen molar-refractivity contribution in [2.24, 2.45) is 0 Å². The monoisotopic (exact) mass is 228 g/mol. The van der Waals surface area contributed by atoms with Gasteiger partial charge in [0.2, 0.25) is 0 Å². The van der Waals surface area contributed by atoms with Gasteiger partial charge in [-0.15, -0.1) is 0 Å². The SMILES string of the molecule is [2H]c1nc([2H])c(C(F)(F)F)c([2H])c1Br. The van der Waals surface area contributed by atoms with E-state index in [-0.39, 0.29) is 4.47 Å². The highest BCUT2D eigenvalue weighted by Gasteiger charge is 2.30. The van der Waals surface area contributed by atoms with Crippen LogP contribution in [0.4, 0.5) is 13.2 Å². The Morgan fingerprint density at radius 3 is 2.64 bits per heavy atom. The number of pyridine rings is 1. The number of halogens is 4. The summed E-state index contributed by atoms with van der Waals surface area (Å²) in [7, 11) is 0. The second-order valence-corrected chi connectivity index (χ2v) is 2.44. The summed E-state index contributed by atoms with van der Waals surface area (Å²) in [5.74, 6) is 0. The summed E-state index contributed by atoms with van der Waals surface area (Å²) < 4.78 is 57.5. The Morgan fingerprint density at radius 2 is 2.09 bits per heavy atom. The van der Waals surface area contributed by atoms with Crippen LogP contribution < -0.4 is 0 Å². The van der Waals surface area contributed by atoms with Gasteiger partial charge in [-0.2, -0.15) is 13.2 Å². The lowest BCUT2D eigenvalue weighted by Gasteiger charge is -2.04. The molecule has 60 valence electrons. The Kier molecular flexibility index (Phi) is 1.31. The molecule has 0 aliphatic carbocycles. The number of aromatic nitrogens is 1. The lowest BCUT2D eigenvalue weighted by Crippen LogP contribution is -2.04. The number of nitrogens with zero attached hydrogens (tertiary/aromatic N) is 1. The van der Waals surface area contributed by atoms with E-state index in [0.29, 0.717) is 0 Å². The molecule has 0 amide bonds. The summed E-state index contributed by atoms with van der Waals surface area (Å²) in [6.07, 6.45) is -6.44. The maximum absolute atomic E-state index is 12.3. The maximum Gasteiger partial charge on any atom is 0.417 e. The van der Waals surface area contributed by atoms with E-state index < -0.39 is 30.1 Å². The fraction of sp³-hybridized carbons (Fsp3) is 0.167. The molecule has 1 heterocycles. The molecule has 0 aliphatic rings. The summed E-state index contributed by atoms with van der Waals surface area (Å²) in [4.78, 5) is 3.05. The van der Waals surface area contributed by atoms with E-state index >= 15 is 0 Å². The first kappa shape index (κ1) is 5.13. The van der Waals surface area contributed by atoms with Crippen LogP contribution in [-0.2, 0) is 6.18 Å². The van der Waals surface area contributed by atoms with Crippen LogP contribution in [0.3, 0.4) is 0 Å². The lowest BCUT2D eigenvalue weighted by atomic mass is 10.3. The first-order valence-electron chi connectivity index (χ1n) is 3.95. The van der Waals surface area contributed by atoms with Crippen molar-refractivity contribution in [3.63, 3.8) is 0 Å². The minimum Gasteiger partial charge on any atom is -0.263 e. The molecule has 0 radical (unpaired) electrons. The van der Waals surface area contributed by atoms with E-state index in [1.807, 2.05) is 0 Å². The Balaban J connectivity index is 3.53. The fourth-order valence-electron chi connectivity index (χ4n) is 0.433. The topological polar surface area (TPSA) is 12.9 Å². The van der Waals surface area contributed by atoms with Crippen molar-refractivity contribution in [3.8, 4) is 0 Å². The third kappa shape index (κ3) is 2.18. The number of alkyl halides is 3. The zero-order valence-electron chi connectivity index (χ0n) is 7.96. The van der Waals surface area contributed by atoms with Crippen LogP contribution in [0.15, 0.2) is 22.9 Å². The molecule has 0 spiro atoms. The quantitative estimate of drug-likeness (QED) is 0.666. The number of hydrogen-bond acceptors (Lipinski definition) is 1. The van der Waals surface area contributed by atoms with Crippen LogP contribution in [0.1, 0.15) is 9.68 Å². The van der Waals surface area contributed by atoms with E-state index in [1.165, 1.54) is 0 Å². The average Bonchev–Trinajstić information content (AvgIpc) is 1.97. The molecule has 0 aromatic carbocycles. The summed E-state index contributed by atoms with van der Waals surface area (Å²) in [5, 5.41) is 0. The third-order valence-corrected chi connectivity index (χ3v) is 1.22. The minimum atomic E-state index is -4.79. The standard InChI is InChI=1S/C6H3BrF3N/c7-5-1-4(2-11-3-5)6(8,9)10/h1-3H/i1D,2D,3D. The fourth-order valence-corrected chi connectivity index (χ4v) is 0.720. The van der Waals surface area contributed by atoms with Crippen LogP contribution in [0, 0.1) is 0 Å². The van der Waals surface area contributed by atoms with Crippen molar-refractivity contribution in [1.29, 1.82) is 0 Å². The summed E-state index contributed by atoms with van der Waals surface area (Å²) in [5.41, 5.74) is -1.43. The molecule has 0 bridgehead atoms. The molecule has 0 unspecified atom stereocenters. The molecule has 0 N–H and O–H groups in total. The number of hydrogen-bond donors (Lipinski definition) is 0. The predicted molar refractivity (Wildman–Crippen MR) is 36.9 cm³/mol. The van der Waals surface area contributed by atoms with E-state index in [9.17, 15) is 13.2 Å². The Morgan fingerprint density at radius 1 is 1.45 bits per heavy atom. The van der Waals surface area contributed by atoms with E-state index in [0.717, 1.165) is 0 Å². The molecule has 0 atom stereocenters. The Hall–Kier alpha value is -0.580. The van der Waals surface area contributed by atoms with Gasteiger partial charge in [-0.05, 0) is 22.0 Å². The molecule has 1 rings (SSSR count). The van der Waals surface area contributed by atoms with Crippen LogP contribution in [0.25, 0.3) is 0 Å². The molecule has 11 heavy (non-hydrogen) atoms. The molecule has 1 aromatic rings. The maximum atomic E-state index is 12.3. The zero-order chi connectivity index (χ0) is 11.1. The van der Waals surface area contributed by atoms with Gasteiger partial charge >= 0.3 is 6.18 Å². The highest BCUT2D eigenvalue weighted by atomic mass is 79.9. The Bertz CT molecular complexity index is 380. The summed E-state index contributed by atoms with van der Waals surface area (Å²) in [6, 6.07) is -0.928. The first-order chi connectivity index (χ1) is 6.25. The van der Waals surface area contributed by atoms with Crippen LogP contribution in [0.5, 0.6) is 0 Å². The summed E-state index contributed by atoms with van der Waals surface area (Å²) in [6.45, 7) is 0. The van der Waals surface area contributed by atoms with Crippen molar-refractivity contribution in [1.82, 2.24) is 4.98 Å². The zero-order valence-corrected chi connectivity index (χ0v) is 6.55. The average molecular weight is 229 g/mol. The number of rotatable bonds is 0. The van der Waals surface area contributed by atoms with Gasteiger partial charge in [0.15, 0.2) is 0 Å². The highest BCUT2D eigenvalue weighted by Crippen LogP contribution is 2.29. The third-order valence-electron chi connectivity index (χ3n) is 0.840. The van der Waals surface area contributed by atoms with Crippen LogP contribution in [-0.4, -0.2) is 4.98 Å². The van der Waals surface area contributed by atoms with Gasteiger partial charge in [0.25, 0.3) is 0 Å². The second kappa shape index (κ2) is 2.81. The van der Waals surface area contributed by atoms with Crippen molar-refractivity contribution in [2.75, 3.05) is 0 Å². The molecule has 1 nitrogen and oxygen atoms in total. The molecule has 0 saturated heterocycles. The first-order valence-corrected chi connectivity index (χ1v) is 3.25. The van der Waals surface area contributed by atoms with Gasteiger partial charge in [-0.3, -0.25) is 4.98 Å². The molecular formula is C6H3BrF3N. The van der Waals surface area contributed by atoms with E-state index in [4.69, 9.17) is 4.11 Å². The molecule has 0 aliphatic heterocycles. The second-order valence-electron chi connectivity index (χ2n) is 1.65. The van der Waals surface area contributed by atoms with Crippen LogP contribution in [0.2, 0.25) is 0 Å². The van der Waals surface area contributed by atoms with Gasteiger partial charge < -0.3 is 0 Å². The predicted octanol–water partition coefficient (Wildman–Crippen LogP) is 2.86. The largest absolute Gasteiger partial charge is 0.417 e. The Labute approximate surface area is 73.6 Å². The van der Waals surface area contributed by atoms with Crippen molar-refractivity contribution in [2.45, 2.75) is 6.18 Å². The van der Waals surface area contributed by atoms with Crippen molar-refractivity contribution >= 4 is 15.9 Å². The minimum absolute atomic E-state index is 0.360. The van der Waals surface area contributed by atoms with Crippen molar-refractivity contribution < 1.29 is 17.3 Å². The van der Waals surface area contributed by atoms with Crippen LogP contribution >= 0.6 is 15.9 Å². The van der Waals surface area contributed by atoms with Gasteiger partial charge in [0.1, 0.15) is 0 Å². The smallest absolute Gasteiger partial charge is 0.263 e. The highest BCUT2D eigenvalue weighted by molar-refractivity contribution is 9.10. The van der Waals surface area contributed by atoms with Gasteiger partial charge in [-0.25, -0.2) is 0 Å². The van der Waals surface area contributed by atoms with Crippen molar-refractivity contribution in [3.05, 3.63) is 28.4 Å². The molecule has 0 saturated carbocycles. The molecule has 1 aromatic heterocycles. The van der Waals surface area contributed by atoms with E-state index in [2.05, 4.69) is 20.9 Å². The molecular weight excluding hydrogens is 223 g/mol. The lowest BCUT2D eigenvalue weighted by molar-refractivity contribution is -0.137.